The number of aromatic nitrogens is 2. The standard InChI is InChI=1S/C9H11N3O2/c10-14-5-4-6-2-1-3-7-8(6)12-9(13)11-7/h1-3H,4-5,10H2,(H2,11,12,13). The van der Waals surface area contributed by atoms with Crippen molar-refractivity contribution in [3.8, 4) is 0 Å². The van der Waals surface area contributed by atoms with Crippen molar-refractivity contribution in [1.29, 1.82) is 0 Å². The van der Waals surface area contributed by atoms with Crippen molar-refractivity contribution in [1.82, 2.24) is 9.97 Å². The van der Waals surface area contributed by atoms with E-state index < -0.39 is 0 Å². The van der Waals surface area contributed by atoms with E-state index in [0.29, 0.717) is 13.0 Å². The first kappa shape index (κ1) is 8.98. The van der Waals surface area contributed by atoms with Gasteiger partial charge in [0.1, 0.15) is 0 Å². The van der Waals surface area contributed by atoms with Gasteiger partial charge in [-0.15, -0.1) is 0 Å². The maximum atomic E-state index is 11.0. The minimum absolute atomic E-state index is 0.193. The van der Waals surface area contributed by atoms with Crippen molar-refractivity contribution in [2.75, 3.05) is 6.61 Å². The van der Waals surface area contributed by atoms with Crippen LogP contribution in [-0.2, 0) is 11.3 Å². The molecule has 0 radical (unpaired) electrons. The van der Waals surface area contributed by atoms with Crippen LogP contribution in [0.1, 0.15) is 5.56 Å². The maximum absolute atomic E-state index is 11.0. The lowest BCUT2D eigenvalue weighted by molar-refractivity contribution is 0.141. The van der Waals surface area contributed by atoms with Gasteiger partial charge < -0.3 is 14.8 Å². The summed E-state index contributed by atoms with van der Waals surface area (Å²) in [6, 6.07) is 5.67. The minimum Gasteiger partial charge on any atom is -0.306 e. The van der Waals surface area contributed by atoms with Crippen LogP contribution in [0.5, 0.6) is 0 Å². The molecular formula is C9H11N3O2. The predicted molar refractivity (Wildman–Crippen MR) is 52.8 cm³/mol. The number of nitrogens with one attached hydrogen (secondary N) is 2. The van der Waals surface area contributed by atoms with Gasteiger partial charge in [-0.3, -0.25) is 0 Å². The smallest absolute Gasteiger partial charge is 0.306 e. The fourth-order valence-electron chi connectivity index (χ4n) is 1.50. The van der Waals surface area contributed by atoms with Crippen molar-refractivity contribution in [3.63, 3.8) is 0 Å². The summed E-state index contributed by atoms with van der Waals surface area (Å²) >= 11 is 0. The highest BCUT2D eigenvalue weighted by molar-refractivity contribution is 5.78. The van der Waals surface area contributed by atoms with E-state index in [0.717, 1.165) is 16.6 Å². The zero-order valence-electron chi connectivity index (χ0n) is 7.54. The monoisotopic (exact) mass is 193 g/mol. The molecule has 0 spiro atoms. The molecular weight excluding hydrogens is 182 g/mol. The van der Waals surface area contributed by atoms with E-state index in [1.807, 2.05) is 18.2 Å². The number of benzene rings is 1. The fourth-order valence-corrected chi connectivity index (χ4v) is 1.50. The van der Waals surface area contributed by atoms with Crippen LogP contribution in [-0.4, -0.2) is 16.6 Å². The van der Waals surface area contributed by atoms with Gasteiger partial charge in [0.15, 0.2) is 0 Å². The third-order valence-electron chi connectivity index (χ3n) is 2.13. The Morgan fingerprint density at radius 3 is 3.00 bits per heavy atom. The highest BCUT2D eigenvalue weighted by Crippen LogP contribution is 2.13. The number of nitrogens with two attached hydrogens (primary N) is 1. The molecule has 0 aliphatic heterocycles. The van der Waals surface area contributed by atoms with Gasteiger partial charge in [-0.05, 0) is 18.1 Å². The van der Waals surface area contributed by atoms with Crippen molar-refractivity contribution in [2.24, 2.45) is 5.90 Å². The molecule has 74 valence electrons. The summed E-state index contributed by atoms with van der Waals surface area (Å²) in [4.78, 5) is 21.0. The number of fused-ring (bicyclic) bond motifs is 1. The summed E-state index contributed by atoms with van der Waals surface area (Å²) in [6.45, 7) is 0.437. The highest BCUT2D eigenvalue weighted by Gasteiger charge is 2.03. The number of hydrogen-bond acceptors (Lipinski definition) is 3. The molecule has 1 heterocycles. The largest absolute Gasteiger partial charge is 0.323 e. The molecule has 0 bridgehead atoms. The van der Waals surface area contributed by atoms with Gasteiger partial charge in [-0.25, -0.2) is 10.7 Å². The lowest BCUT2D eigenvalue weighted by atomic mass is 10.1. The van der Waals surface area contributed by atoms with Gasteiger partial charge >= 0.3 is 5.69 Å². The molecule has 4 N–H and O–H groups in total. The van der Waals surface area contributed by atoms with E-state index in [9.17, 15) is 4.79 Å². The van der Waals surface area contributed by atoms with E-state index in [2.05, 4.69) is 14.8 Å². The summed E-state index contributed by atoms with van der Waals surface area (Å²) < 4.78 is 0. The van der Waals surface area contributed by atoms with Gasteiger partial charge in [0.25, 0.3) is 0 Å². The normalized spacial score (nSPS) is 10.9. The zero-order chi connectivity index (χ0) is 9.97. The molecule has 0 saturated carbocycles. The molecule has 5 heteroatoms. The summed E-state index contributed by atoms with van der Waals surface area (Å²) in [5, 5.41) is 0. The van der Waals surface area contributed by atoms with Crippen LogP contribution in [0, 0.1) is 0 Å². The first-order valence-corrected chi connectivity index (χ1v) is 4.33. The molecule has 0 fully saturated rings. The van der Waals surface area contributed by atoms with Gasteiger partial charge in [0.05, 0.1) is 17.6 Å². The Morgan fingerprint density at radius 1 is 1.36 bits per heavy atom. The van der Waals surface area contributed by atoms with E-state index >= 15 is 0 Å². The Balaban J connectivity index is 2.47. The van der Waals surface area contributed by atoms with Crippen molar-refractivity contribution < 1.29 is 4.84 Å². The molecule has 1 aromatic carbocycles. The molecule has 1 aromatic heterocycles. The Bertz CT molecular complexity index is 486. The number of para-hydroxylation sites is 1. The number of hydrogen-bond donors (Lipinski definition) is 3. The summed E-state index contributed by atoms with van der Waals surface area (Å²) in [6.07, 6.45) is 0.682. The Kier molecular flexibility index (Phi) is 2.34. The summed E-state index contributed by atoms with van der Waals surface area (Å²) in [7, 11) is 0. The van der Waals surface area contributed by atoms with Crippen LogP contribution < -0.4 is 11.6 Å². The SMILES string of the molecule is NOCCc1cccc2[nH]c(=O)[nH]c12. The Labute approximate surface area is 79.8 Å². The van der Waals surface area contributed by atoms with Gasteiger partial charge in [-0.2, -0.15) is 0 Å². The fraction of sp³-hybridized carbons (Fsp3) is 0.222. The molecule has 14 heavy (non-hydrogen) atoms. The van der Waals surface area contributed by atoms with E-state index in [1.54, 1.807) is 0 Å². The van der Waals surface area contributed by atoms with E-state index in [1.165, 1.54) is 0 Å². The molecule has 0 atom stereocenters. The number of H-pyrrole nitrogens is 2. The van der Waals surface area contributed by atoms with Crippen LogP contribution in [0.25, 0.3) is 11.0 Å². The van der Waals surface area contributed by atoms with Crippen LogP contribution >= 0.6 is 0 Å². The van der Waals surface area contributed by atoms with Gasteiger partial charge in [-0.1, -0.05) is 12.1 Å². The van der Waals surface area contributed by atoms with Gasteiger partial charge in [0, 0.05) is 0 Å². The third kappa shape index (κ3) is 1.55. The van der Waals surface area contributed by atoms with Crippen LogP contribution in [0.15, 0.2) is 23.0 Å². The molecule has 0 unspecified atom stereocenters. The Morgan fingerprint density at radius 2 is 2.21 bits per heavy atom. The molecule has 5 nitrogen and oxygen atoms in total. The van der Waals surface area contributed by atoms with Crippen LogP contribution in [0.4, 0.5) is 0 Å². The average molecular weight is 193 g/mol. The molecule has 0 aliphatic carbocycles. The second-order valence-corrected chi connectivity index (χ2v) is 3.04. The van der Waals surface area contributed by atoms with Gasteiger partial charge in [0.2, 0.25) is 0 Å². The predicted octanol–water partition coefficient (Wildman–Crippen LogP) is 0.289. The quantitative estimate of drug-likeness (QED) is 0.612. The van der Waals surface area contributed by atoms with Crippen LogP contribution in [0.2, 0.25) is 0 Å². The van der Waals surface area contributed by atoms with E-state index in [-0.39, 0.29) is 5.69 Å². The third-order valence-corrected chi connectivity index (χ3v) is 2.13. The second kappa shape index (κ2) is 3.65. The summed E-state index contributed by atoms with van der Waals surface area (Å²) in [5.74, 6) is 4.95. The molecule has 0 saturated heterocycles. The van der Waals surface area contributed by atoms with Crippen molar-refractivity contribution in [3.05, 3.63) is 34.2 Å². The average Bonchev–Trinajstić information content (AvgIpc) is 2.55. The topological polar surface area (TPSA) is 83.9 Å². The van der Waals surface area contributed by atoms with Crippen LogP contribution in [0.3, 0.4) is 0 Å². The lowest BCUT2D eigenvalue weighted by Gasteiger charge is -2.00. The summed E-state index contributed by atoms with van der Waals surface area (Å²) in [5.41, 5.74) is 2.46. The minimum atomic E-state index is -0.193. The van der Waals surface area contributed by atoms with E-state index in [4.69, 9.17) is 5.90 Å². The molecule has 2 rings (SSSR count). The maximum Gasteiger partial charge on any atom is 0.323 e. The zero-order valence-corrected chi connectivity index (χ0v) is 7.54. The first-order chi connectivity index (χ1) is 6.81. The molecule has 2 aromatic rings. The lowest BCUT2D eigenvalue weighted by Crippen LogP contribution is -2.04. The number of rotatable bonds is 3. The first-order valence-electron chi connectivity index (χ1n) is 4.33. The highest BCUT2D eigenvalue weighted by atomic mass is 16.6. The molecule has 0 amide bonds. The van der Waals surface area contributed by atoms with Crippen molar-refractivity contribution in [2.45, 2.75) is 6.42 Å². The Hall–Kier alpha value is -1.59. The second-order valence-electron chi connectivity index (χ2n) is 3.04. The number of imidazole rings is 1. The molecule has 0 aliphatic rings. The van der Waals surface area contributed by atoms with Crippen molar-refractivity contribution >= 4 is 11.0 Å². The number of aromatic amines is 2.